The predicted molar refractivity (Wildman–Crippen MR) is 279 cm³/mol. The number of aromatic hydroxyl groups is 1. The first-order valence-electron chi connectivity index (χ1n) is 23.7. The van der Waals surface area contributed by atoms with E-state index in [2.05, 4.69) is 15.6 Å². The molecular weight excluding hydrogens is 952 g/mol. The summed E-state index contributed by atoms with van der Waals surface area (Å²) in [6, 6.07) is 34.5. The number of fused-ring (bicyclic) bond motifs is 1. The quantitative estimate of drug-likeness (QED) is 0.0694. The molecule has 0 unspecified atom stereocenters. The van der Waals surface area contributed by atoms with Crippen LogP contribution in [0.5, 0.6) is 23.0 Å². The number of ether oxygens (including phenoxy) is 2. The molecule has 72 heavy (non-hydrogen) atoms. The third kappa shape index (κ3) is 11.7. The zero-order valence-corrected chi connectivity index (χ0v) is 41.9. The van der Waals surface area contributed by atoms with Gasteiger partial charge in [0.2, 0.25) is 17.7 Å². The molecule has 0 radical (unpaired) electrons. The fraction of sp³-hybridized carbons (Fsp3) is 0.268. The summed E-state index contributed by atoms with van der Waals surface area (Å²) in [5, 5.41) is 32.3. The monoisotopic (exact) mass is 1010 g/mol. The molecule has 370 valence electrons. The Bertz CT molecular complexity index is 3200. The van der Waals surface area contributed by atoms with Gasteiger partial charge in [-0.05, 0) is 108 Å². The van der Waals surface area contributed by atoms with Gasteiger partial charge in [-0.25, -0.2) is 9.37 Å². The fourth-order valence-electron chi connectivity index (χ4n) is 8.73. The molecule has 1 fully saturated rings. The number of amides is 3. The number of β-amino-alcohol motifs (C(OH)–C–C–N with tert-alkyl or cyclic N) is 1. The Hall–Kier alpha value is -7.40. The van der Waals surface area contributed by atoms with Gasteiger partial charge in [0.15, 0.2) is 5.75 Å². The number of phenolic OH excluding ortho intramolecular Hbond substituents is 1. The molecule has 1 aliphatic rings. The number of thiophene rings is 1. The number of halogens is 1. The zero-order valence-electron chi connectivity index (χ0n) is 40.3. The lowest BCUT2D eigenvalue weighted by atomic mass is 9.85. The fourth-order valence-corrected chi connectivity index (χ4v) is 10.7. The van der Waals surface area contributed by atoms with E-state index < -0.39 is 29.5 Å². The van der Waals surface area contributed by atoms with E-state index in [0.717, 1.165) is 59.0 Å². The number of thiazole rings is 1. The van der Waals surface area contributed by atoms with Crippen LogP contribution in [-0.4, -0.2) is 78.9 Å². The summed E-state index contributed by atoms with van der Waals surface area (Å²) in [6.45, 7) is 8.68. The van der Waals surface area contributed by atoms with E-state index in [1.54, 1.807) is 35.6 Å². The van der Waals surface area contributed by atoms with Crippen molar-refractivity contribution in [3.05, 3.63) is 156 Å². The summed E-state index contributed by atoms with van der Waals surface area (Å²) >= 11 is 3.03. The Morgan fingerprint density at radius 3 is 2.35 bits per heavy atom. The van der Waals surface area contributed by atoms with Crippen LogP contribution in [0.15, 0.2) is 133 Å². The van der Waals surface area contributed by atoms with Gasteiger partial charge in [0, 0.05) is 47.8 Å². The molecule has 0 bridgehead atoms. The minimum atomic E-state index is -0.931. The molecule has 3 atom stereocenters. The Kier molecular flexibility index (Phi) is 14.8. The van der Waals surface area contributed by atoms with Crippen molar-refractivity contribution in [3.63, 3.8) is 0 Å². The minimum Gasteiger partial charge on any atom is -0.508 e. The summed E-state index contributed by atoms with van der Waals surface area (Å²) in [4.78, 5) is 48.9. The maximum Gasteiger partial charge on any atom is 0.246 e. The number of hydrogen-bond acceptors (Lipinski definition) is 11. The molecule has 0 aliphatic carbocycles. The van der Waals surface area contributed by atoms with E-state index in [9.17, 15) is 29.0 Å². The molecule has 16 heteroatoms. The van der Waals surface area contributed by atoms with E-state index >= 15 is 0 Å². The van der Waals surface area contributed by atoms with Crippen molar-refractivity contribution in [3.8, 4) is 55.1 Å². The molecule has 1 saturated heterocycles. The number of nitrogens with zero attached hydrogens (tertiary/aromatic N) is 4. The number of carbonyl (C=O) groups is 3. The van der Waals surface area contributed by atoms with Gasteiger partial charge in [-0.3, -0.25) is 19.1 Å². The van der Waals surface area contributed by atoms with Crippen molar-refractivity contribution in [2.24, 2.45) is 5.41 Å². The second kappa shape index (κ2) is 21.5. The van der Waals surface area contributed by atoms with E-state index in [0.29, 0.717) is 36.8 Å². The predicted octanol–water partition coefficient (Wildman–Crippen LogP) is 10.3. The number of rotatable bonds is 17. The second-order valence-corrected chi connectivity index (χ2v) is 20.9. The van der Waals surface area contributed by atoms with Crippen molar-refractivity contribution < 1.29 is 38.5 Å². The number of aliphatic hydroxyl groups excluding tert-OH is 1. The molecule has 0 saturated carbocycles. The first-order valence-corrected chi connectivity index (χ1v) is 25.4. The highest BCUT2D eigenvalue weighted by Crippen LogP contribution is 2.47. The minimum absolute atomic E-state index is 0.00565. The number of phenols is 1. The number of hydrogen-bond donors (Lipinski definition) is 4. The lowest BCUT2D eigenvalue weighted by Crippen LogP contribution is -2.57. The van der Waals surface area contributed by atoms with Crippen LogP contribution in [0.1, 0.15) is 50.4 Å². The third-order valence-electron chi connectivity index (χ3n) is 12.6. The van der Waals surface area contributed by atoms with E-state index in [1.807, 2.05) is 129 Å². The van der Waals surface area contributed by atoms with Crippen LogP contribution >= 0.6 is 22.7 Å². The van der Waals surface area contributed by atoms with Gasteiger partial charge >= 0.3 is 0 Å². The Labute approximate surface area is 424 Å². The molecule has 4 N–H and O–H groups in total. The lowest BCUT2D eigenvalue weighted by molar-refractivity contribution is -0.144. The van der Waals surface area contributed by atoms with Crippen LogP contribution in [0.2, 0.25) is 0 Å². The molecule has 8 aromatic rings. The van der Waals surface area contributed by atoms with Gasteiger partial charge in [-0.1, -0.05) is 75.4 Å². The van der Waals surface area contributed by atoms with Crippen LogP contribution in [-0.2, 0) is 33.9 Å². The van der Waals surface area contributed by atoms with E-state index in [4.69, 9.17) is 14.6 Å². The molecule has 1 aliphatic heterocycles. The number of carbonyl (C=O) groups excluding carboxylic acids is 3. The first-order chi connectivity index (χ1) is 34.6. The number of benzene rings is 5. The first kappa shape index (κ1) is 49.6. The van der Waals surface area contributed by atoms with Gasteiger partial charge in [-0.15, -0.1) is 22.7 Å². The van der Waals surface area contributed by atoms with Crippen LogP contribution in [0, 0.1) is 18.2 Å². The summed E-state index contributed by atoms with van der Waals surface area (Å²) in [5.41, 5.74) is 7.44. The number of aryl methyl sites for hydroxylation is 2. The average Bonchev–Trinajstić information content (AvgIpc) is 4.19. The largest absolute Gasteiger partial charge is 0.508 e. The van der Waals surface area contributed by atoms with Crippen molar-refractivity contribution in [1.82, 2.24) is 30.3 Å². The molecule has 3 aromatic heterocycles. The standard InChI is InChI=1S/C56H55FN6O7S2/c1-34-51(71-33-59-34)37-11-8-36(9-12-37)31-58-54(67)47-29-42(65)32-63(47)55(68)53(56(2,3)4)60-49(66)23-10-35-6-5-7-39(28-35)46-24-25-62(61-46)26-27-69-43-18-20-44(21-19-43)70-50-45-22-17-41(64)30-48(45)72-52(50)38-13-15-40(57)16-14-38/h5-9,11-22,24-25,28,30,33,42,47,53,64-65H,10,23,26-27,29,31-32H2,1-4H3,(H,58,67)(H,60,66)/t42-,47+,53-/m1/s1. The molecular formula is C56H55FN6O7S2. The molecule has 5 aromatic carbocycles. The molecule has 3 amide bonds. The SMILES string of the molecule is Cc1ncsc1-c1ccc(CNC(=O)[C@@H]2C[C@@H](O)CN2C(=O)[C@@H](NC(=O)CCc2cccc(-c3ccn(CCOc4ccc(Oc5c(-c6ccc(F)cc6)sc6cc(O)ccc56)cc4)n3)c2)C(C)(C)C)cc1. The van der Waals surface area contributed by atoms with Gasteiger partial charge < -0.3 is 35.2 Å². The highest BCUT2D eigenvalue weighted by molar-refractivity contribution is 7.22. The van der Waals surface area contributed by atoms with Crippen LogP contribution in [0.3, 0.4) is 0 Å². The number of likely N-dealkylation sites (tertiary alicyclic amines) is 1. The van der Waals surface area contributed by atoms with Gasteiger partial charge in [-0.2, -0.15) is 5.10 Å². The van der Waals surface area contributed by atoms with Crippen molar-refractivity contribution in [2.45, 2.75) is 78.2 Å². The van der Waals surface area contributed by atoms with Crippen molar-refractivity contribution in [1.29, 1.82) is 0 Å². The maximum atomic E-state index is 14.2. The molecule has 9 rings (SSSR count). The van der Waals surface area contributed by atoms with Crippen molar-refractivity contribution in [2.75, 3.05) is 13.2 Å². The summed E-state index contributed by atoms with van der Waals surface area (Å²) < 4.78 is 28.9. The second-order valence-electron chi connectivity index (χ2n) is 19.0. The third-order valence-corrected chi connectivity index (χ3v) is 14.7. The Balaban J connectivity index is 0.756. The van der Waals surface area contributed by atoms with E-state index in [1.165, 1.54) is 28.4 Å². The Morgan fingerprint density at radius 1 is 0.875 bits per heavy atom. The topological polar surface area (TPSA) is 168 Å². The van der Waals surface area contributed by atoms with Gasteiger partial charge in [0.05, 0.1) is 39.3 Å². The normalized spacial score (nSPS) is 15.1. The summed E-state index contributed by atoms with van der Waals surface area (Å²) in [7, 11) is 0. The lowest BCUT2D eigenvalue weighted by Gasteiger charge is -2.35. The van der Waals surface area contributed by atoms with Gasteiger partial charge in [0.1, 0.15) is 41.8 Å². The molecule has 4 heterocycles. The highest BCUT2D eigenvalue weighted by Gasteiger charge is 2.44. The maximum absolute atomic E-state index is 14.2. The van der Waals surface area contributed by atoms with Crippen LogP contribution in [0.4, 0.5) is 4.39 Å². The summed E-state index contributed by atoms with van der Waals surface area (Å²) in [6.07, 6.45) is 1.67. The number of aliphatic hydroxyl groups is 1. The van der Waals surface area contributed by atoms with Crippen molar-refractivity contribution >= 4 is 50.5 Å². The number of aromatic nitrogens is 3. The van der Waals surface area contributed by atoms with E-state index in [-0.39, 0.29) is 49.3 Å². The Morgan fingerprint density at radius 2 is 1.61 bits per heavy atom. The average molecular weight is 1010 g/mol. The molecule has 0 spiro atoms. The van der Waals surface area contributed by atoms with Gasteiger partial charge in [0.25, 0.3) is 0 Å². The highest BCUT2D eigenvalue weighted by atomic mass is 32.1. The van der Waals surface area contributed by atoms with Crippen LogP contribution < -0.4 is 20.1 Å². The summed E-state index contributed by atoms with van der Waals surface area (Å²) in [5.74, 6) is 0.625. The zero-order chi connectivity index (χ0) is 50.5. The molecule has 13 nitrogen and oxygen atoms in total. The number of nitrogens with one attached hydrogen (secondary N) is 2. The van der Waals surface area contributed by atoms with Crippen LogP contribution in [0.25, 0.3) is 42.2 Å². The smallest absolute Gasteiger partial charge is 0.246 e.